The van der Waals surface area contributed by atoms with Gasteiger partial charge >= 0.3 is 5.97 Å². The van der Waals surface area contributed by atoms with Gasteiger partial charge in [0, 0.05) is 29.9 Å². The number of ether oxygens (including phenoxy) is 1. The average molecular weight is 300 g/mol. The summed E-state index contributed by atoms with van der Waals surface area (Å²) in [6.45, 7) is 0.428. The number of methoxy groups -OCH3 is 1. The highest BCUT2D eigenvalue weighted by molar-refractivity contribution is 5.81. The summed E-state index contributed by atoms with van der Waals surface area (Å²) in [5.74, 6) is -0.494. The summed E-state index contributed by atoms with van der Waals surface area (Å²) in [6, 6.07) is 2.65. The average Bonchev–Trinajstić information content (AvgIpc) is 2.94. The number of non-ortho nitro benzene ring substituents is 1. The maximum atomic E-state index is 13.2. The van der Waals surface area contributed by atoms with E-state index in [1.807, 2.05) is 0 Å². The first-order valence-corrected chi connectivity index (χ1v) is 6.36. The molecule has 0 bridgehead atoms. The molecule has 8 heteroatoms. The summed E-state index contributed by atoms with van der Waals surface area (Å²) in [5, 5.41) is 10.7. The second kappa shape index (κ2) is 6.02. The van der Waals surface area contributed by atoms with Crippen molar-refractivity contribution in [2.45, 2.75) is 25.3 Å². The van der Waals surface area contributed by atoms with Gasteiger partial charge in [-0.2, -0.15) is 0 Å². The Bertz CT molecular complexity index is 565. The Morgan fingerprint density at radius 1 is 1.52 bits per heavy atom. The highest BCUT2D eigenvalue weighted by atomic mass is 19.3. The summed E-state index contributed by atoms with van der Waals surface area (Å²) in [7, 11) is 1.24. The minimum Gasteiger partial charge on any atom is -0.467 e. The Balaban J connectivity index is 2.42. The SMILES string of the molecule is COC(=O)C1CCCN1c1ccc([N+](=O)[O-])cc1C(F)F. The predicted octanol–water partition coefficient (Wildman–Crippen LogP) is 2.67. The highest BCUT2D eigenvalue weighted by Crippen LogP contribution is 2.36. The molecule has 2 rings (SSSR count). The van der Waals surface area contributed by atoms with Crippen LogP contribution in [0.5, 0.6) is 0 Å². The Morgan fingerprint density at radius 3 is 2.81 bits per heavy atom. The van der Waals surface area contributed by atoms with Crippen molar-refractivity contribution >= 4 is 17.3 Å². The maximum absolute atomic E-state index is 13.2. The van der Waals surface area contributed by atoms with Crippen molar-refractivity contribution in [3.63, 3.8) is 0 Å². The molecular weight excluding hydrogens is 286 g/mol. The number of hydrogen-bond donors (Lipinski definition) is 0. The van der Waals surface area contributed by atoms with E-state index in [2.05, 4.69) is 4.74 Å². The molecule has 1 unspecified atom stereocenters. The first-order chi connectivity index (χ1) is 9.95. The number of alkyl halides is 2. The fraction of sp³-hybridized carbons (Fsp3) is 0.462. The lowest BCUT2D eigenvalue weighted by Gasteiger charge is -2.26. The third-order valence-corrected chi connectivity index (χ3v) is 3.49. The van der Waals surface area contributed by atoms with Crippen LogP contribution in [0.25, 0.3) is 0 Å². The molecule has 0 radical (unpaired) electrons. The van der Waals surface area contributed by atoms with E-state index in [4.69, 9.17) is 0 Å². The molecule has 6 nitrogen and oxygen atoms in total. The monoisotopic (exact) mass is 300 g/mol. The van der Waals surface area contributed by atoms with Crippen LogP contribution in [0.3, 0.4) is 0 Å². The van der Waals surface area contributed by atoms with Crippen molar-refractivity contribution < 1.29 is 23.2 Å². The highest BCUT2D eigenvalue weighted by Gasteiger charge is 2.34. The quantitative estimate of drug-likeness (QED) is 0.485. The number of nitro groups is 1. The number of halogens is 2. The third-order valence-electron chi connectivity index (χ3n) is 3.49. The van der Waals surface area contributed by atoms with Crippen LogP contribution in [0, 0.1) is 10.1 Å². The number of hydrogen-bond acceptors (Lipinski definition) is 5. The van der Waals surface area contributed by atoms with Gasteiger partial charge in [0.05, 0.1) is 12.0 Å². The predicted molar refractivity (Wildman–Crippen MR) is 70.4 cm³/mol. The minimum absolute atomic E-state index is 0.142. The molecule has 1 heterocycles. The summed E-state index contributed by atoms with van der Waals surface area (Å²) in [5.41, 5.74) is -0.702. The van der Waals surface area contributed by atoms with Crippen LogP contribution in [0.15, 0.2) is 18.2 Å². The number of rotatable bonds is 4. The minimum atomic E-state index is -2.86. The zero-order chi connectivity index (χ0) is 15.6. The molecule has 1 atom stereocenters. The normalized spacial score (nSPS) is 18.1. The molecular formula is C13H14F2N2O4. The van der Waals surface area contributed by atoms with Gasteiger partial charge in [-0.3, -0.25) is 10.1 Å². The number of esters is 1. The first kappa shape index (κ1) is 15.1. The van der Waals surface area contributed by atoms with Crippen molar-refractivity contribution in [3.05, 3.63) is 33.9 Å². The summed E-state index contributed by atoms with van der Waals surface area (Å²) in [6.07, 6.45) is -1.69. The molecule has 21 heavy (non-hydrogen) atoms. The number of benzene rings is 1. The topological polar surface area (TPSA) is 72.7 Å². The number of carbonyl (C=O) groups excluding carboxylic acids is 1. The summed E-state index contributed by atoms with van der Waals surface area (Å²) >= 11 is 0. The number of nitrogens with zero attached hydrogens (tertiary/aromatic N) is 2. The standard InChI is InChI=1S/C13H14F2N2O4/c1-21-13(18)11-3-2-6-16(11)10-5-4-8(17(19)20)7-9(10)12(14)15/h4-5,7,11-12H,2-3,6H2,1H3. The van der Waals surface area contributed by atoms with Gasteiger partial charge in [0.2, 0.25) is 0 Å². The van der Waals surface area contributed by atoms with Gasteiger partial charge in [0.15, 0.2) is 0 Å². The number of anilines is 1. The van der Waals surface area contributed by atoms with E-state index in [0.29, 0.717) is 19.4 Å². The van der Waals surface area contributed by atoms with Crippen LogP contribution in [-0.2, 0) is 9.53 Å². The number of carbonyl (C=O) groups is 1. The lowest BCUT2D eigenvalue weighted by atomic mass is 10.1. The van der Waals surface area contributed by atoms with E-state index in [-0.39, 0.29) is 5.69 Å². The molecule has 114 valence electrons. The molecule has 1 aromatic carbocycles. The Hall–Kier alpha value is -2.25. The van der Waals surface area contributed by atoms with E-state index in [1.165, 1.54) is 18.1 Å². The van der Waals surface area contributed by atoms with E-state index in [9.17, 15) is 23.7 Å². The fourth-order valence-electron chi connectivity index (χ4n) is 2.53. The zero-order valence-corrected chi connectivity index (χ0v) is 11.3. The van der Waals surface area contributed by atoms with Crippen molar-refractivity contribution in [1.82, 2.24) is 0 Å². The Morgan fingerprint density at radius 2 is 2.24 bits per heavy atom. The molecule has 1 saturated heterocycles. The maximum Gasteiger partial charge on any atom is 0.328 e. The first-order valence-electron chi connectivity index (χ1n) is 6.36. The van der Waals surface area contributed by atoms with E-state index < -0.39 is 34.6 Å². The smallest absolute Gasteiger partial charge is 0.328 e. The van der Waals surface area contributed by atoms with Crippen LogP contribution in [0.2, 0.25) is 0 Å². The van der Waals surface area contributed by atoms with Crippen molar-refractivity contribution in [2.24, 2.45) is 0 Å². The van der Waals surface area contributed by atoms with E-state index >= 15 is 0 Å². The van der Waals surface area contributed by atoms with Gasteiger partial charge in [-0.15, -0.1) is 0 Å². The van der Waals surface area contributed by atoms with Crippen LogP contribution in [0.1, 0.15) is 24.8 Å². The van der Waals surface area contributed by atoms with Gasteiger partial charge < -0.3 is 9.64 Å². The van der Waals surface area contributed by atoms with Gasteiger partial charge in [0.1, 0.15) is 6.04 Å². The molecule has 1 aliphatic rings. The largest absolute Gasteiger partial charge is 0.467 e. The van der Waals surface area contributed by atoms with E-state index in [0.717, 1.165) is 12.1 Å². The summed E-state index contributed by atoms with van der Waals surface area (Å²) < 4.78 is 31.0. The molecule has 0 amide bonds. The lowest BCUT2D eigenvalue weighted by Crippen LogP contribution is -2.37. The molecule has 0 saturated carbocycles. The zero-order valence-electron chi connectivity index (χ0n) is 11.3. The van der Waals surface area contributed by atoms with Gasteiger partial charge in [0.25, 0.3) is 12.1 Å². The fourth-order valence-corrected chi connectivity index (χ4v) is 2.53. The van der Waals surface area contributed by atoms with E-state index in [1.54, 1.807) is 0 Å². The Kier molecular flexibility index (Phi) is 4.35. The number of nitro benzene ring substituents is 1. The van der Waals surface area contributed by atoms with Crippen molar-refractivity contribution in [3.8, 4) is 0 Å². The molecule has 0 spiro atoms. The van der Waals surface area contributed by atoms with Crippen molar-refractivity contribution in [1.29, 1.82) is 0 Å². The second-order valence-corrected chi connectivity index (χ2v) is 4.68. The Labute approximate surface area is 119 Å². The molecule has 1 aromatic rings. The second-order valence-electron chi connectivity index (χ2n) is 4.68. The van der Waals surface area contributed by atoms with Crippen LogP contribution >= 0.6 is 0 Å². The van der Waals surface area contributed by atoms with Crippen molar-refractivity contribution in [2.75, 3.05) is 18.6 Å². The summed E-state index contributed by atoms with van der Waals surface area (Å²) in [4.78, 5) is 23.2. The van der Waals surface area contributed by atoms with Crippen LogP contribution in [0.4, 0.5) is 20.2 Å². The molecule has 1 fully saturated rings. The molecule has 1 aliphatic heterocycles. The van der Waals surface area contributed by atoms with Gasteiger partial charge in [-0.05, 0) is 18.9 Å². The van der Waals surface area contributed by atoms with Gasteiger partial charge in [-0.1, -0.05) is 0 Å². The molecule has 0 N–H and O–H groups in total. The van der Waals surface area contributed by atoms with Crippen LogP contribution < -0.4 is 4.90 Å². The van der Waals surface area contributed by atoms with Crippen LogP contribution in [-0.4, -0.2) is 30.6 Å². The third kappa shape index (κ3) is 2.93. The lowest BCUT2D eigenvalue weighted by molar-refractivity contribution is -0.385. The molecule has 0 aromatic heterocycles. The van der Waals surface area contributed by atoms with Gasteiger partial charge in [-0.25, -0.2) is 13.6 Å². The molecule has 0 aliphatic carbocycles.